The number of rotatable bonds is 2. The van der Waals surface area contributed by atoms with E-state index < -0.39 is 0 Å². The first-order valence-corrected chi connectivity index (χ1v) is 5.97. The highest BCUT2D eigenvalue weighted by Gasteiger charge is 2.26. The molecule has 0 aliphatic carbocycles. The van der Waals surface area contributed by atoms with E-state index in [0.717, 1.165) is 0 Å². The fraction of sp³-hybridized carbons (Fsp3) is 0.154. The van der Waals surface area contributed by atoms with Gasteiger partial charge >= 0.3 is 0 Å². The third-order valence-electron chi connectivity index (χ3n) is 2.73. The number of nitrogens with zero attached hydrogens (tertiary/aromatic N) is 3. The molecule has 0 saturated carbocycles. The molecule has 3 heterocycles. The first-order chi connectivity index (χ1) is 9.29. The molecule has 1 aliphatic heterocycles. The molecular weight excluding hydrogens is 280 g/mol. The fourth-order valence-corrected chi connectivity index (χ4v) is 1.81. The molecule has 104 valence electrons. The minimum Gasteiger partial charge on any atom is -0.461 e. The van der Waals surface area contributed by atoms with Crippen molar-refractivity contribution in [3.63, 3.8) is 0 Å². The van der Waals surface area contributed by atoms with Crippen molar-refractivity contribution in [1.29, 1.82) is 0 Å². The molecule has 1 aliphatic rings. The summed E-state index contributed by atoms with van der Waals surface area (Å²) in [5.74, 6) is 1.49. The van der Waals surface area contributed by atoms with Crippen molar-refractivity contribution < 1.29 is 9.21 Å². The van der Waals surface area contributed by atoms with Crippen molar-refractivity contribution in [3.05, 3.63) is 42.5 Å². The summed E-state index contributed by atoms with van der Waals surface area (Å²) >= 11 is 0. The lowest BCUT2D eigenvalue weighted by Gasteiger charge is -2.27. The van der Waals surface area contributed by atoms with E-state index >= 15 is 0 Å². The van der Waals surface area contributed by atoms with Crippen LogP contribution in [-0.2, 0) is 4.79 Å². The van der Waals surface area contributed by atoms with Crippen molar-refractivity contribution in [1.82, 2.24) is 10.4 Å². The number of hydrogen-bond acceptors (Lipinski definition) is 5. The molecule has 0 aromatic carbocycles. The van der Waals surface area contributed by atoms with Crippen LogP contribution in [0.25, 0.3) is 0 Å². The number of aromatic nitrogens is 1. The fourth-order valence-electron chi connectivity index (χ4n) is 1.81. The highest BCUT2D eigenvalue weighted by atomic mass is 35.5. The Morgan fingerprint density at radius 3 is 2.95 bits per heavy atom. The van der Waals surface area contributed by atoms with E-state index in [9.17, 15) is 4.79 Å². The second-order valence-corrected chi connectivity index (χ2v) is 3.98. The van der Waals surface area contributed by atoms with Gasteiger partial charge in [0.1, 0.15) is 5.69 Å². The van der Waals surface area contributed by atoms with Crippen molar-refractivity contribution in [2.24, 2.45) is 4.99 Å². The zero-order chi connectivity index (χ0) is 13.2. The van der Waals surface area contributed by atoms with Gasteiger partial charge in [-0.05, 0) is 24.3 Å². The van der Waals surface area contributed by atoms with Crippen LogP contribution in [-0.4, -0.2) is 16.7 Å². The number of nitrogens with one attached hydrogen (secondary N) is 1. The third-order valence-corrected chi connectivity index (χ3v) is 2.73. The highest BCUT2D eigenvalue weighted by Crippen LogP contribution is 2.29. The van der Waals surface area contributed by atoms with Gasteiger partial charge in [0.25, 0.3) is 0 Å². The first kappa shape index (κ1) is 14.1. The average molecular weight is 293 g/mol. The number of hydrazine groups is 1. The van der Waals surface area contributed by atoms with Crippen LogP contribution in [0.2, 0.25) is 0 Å². The van der Waals surface area contributed by atoms with E-state index in [1.807, 2.05) is 6.07 Å². The topological polar surface area (TPSA) is 70.7 Å². The van der Waals surface area contributed by atoms with Gasteiger partial charge in [-0.25, -0.2) is 15.0 Å². The maximum absolute atomic E-state index is 12.0. The lowest BCUT2D eigenvalue weighted by molar-refractivity contribution is -0.118. The van der Waals surface area contributed by atoms with Crippen LogP contribution in [0, 0.1) is 0 Å². The van der Waals surface area contributed by atoms with E-state index in [1.165, 1.54) is 5.01 Å². The lowest BCUT2D eigenvalue weighted by Crippen LogP contribution is -2.48. The number of aliphatic imine (C=N–C) groups is 1. The van der Waals surface area contributed by atoms with Crippen LogP contribution in [0.1, 0.15) is 19.1 Å². The van der Waals surface area contributed by atoms with Crippen molar-refractivity contribution in [3.8, 4) is 0 Å². The third kappa shape index (κ3) is 2.37. The molecule has 0 fully saturated rings. The highest BCUT2D eigenvalue weighted by molar-refractivity contribution is 6.07. The second-order valence-electron chi connectivity index (χ2n) is 3.98. The summed E-state index contributed by atoms with van der Waals surface area (Å²) in [4.78, 5) is 20.6. The minimum absolute atomic E-state index is 0. The SMILES string of the molecule is CCC(=O)N1NC(c2ccco2)=Nc2cccnc21.Cl. The normalized spacial score (nSPS) is 12.8. The Bertz CT molecular complexity index is 640. The van der Waals surface area contributed by atoms with E-state index in [-0.39, 0.29) is 18.3 Å². The molecule has 1 N–H and O–H groups in total. The Hall–Kier alpha value is -2.34. The molecule has 2 aromatic heterocycles. The molecule has 6 nitrogen and oxygen atoms in total. The van der Waals surface area contributed by atoms with Gasteiger partial charge < -0.3 is 4.42 Å². The maximum Gasteiger partial charge on any atom is 0.246 e. The molecule has 0 radical (unpaired) electrons. The summed E-state index contributed by atoms with van der Waals surface area (Å²) in [6.45, 7) is 1.80. The number of amidine groups is 1. The van der Waals surface area contributed by atoms with Crippen LogP contribution in [0.15, 0.2) is 46.1 Å². The summed E-state index contributed by atoms with van der Waals surface area (Å²) in [5, 5.41) is 1.40. The second kappa shape index (κ2) is 5.75. The molecule has 20 heavy (non-hydrogen) atoms. The molecule has 3 rings (SSSR count). The Balaban J connectivity index is 0.00000147. The Morgan fingerprint density at radius 2 is 2.25 bits per heavy atom. The standard InChI is InChI=1S/C13H12N4O2.ClH/c1-2-11(18)17-13-9(5-3-7-14-13)15-12(16-17)10-6-4-8-19-10;/h3-8H,2H2,1H3,(H,15,16);1H. The van der Waals surface area contributed by atoms with E-state index in [2.05, 4.69) is 15.4 Å². The maximum atomic E-state index is 12.0. The van der Waals surface area contributed by atoms with Gasteiger partial charge in [0.15, 0.2) is 17.4 Å². The quantitative estimate of drug-likeness (QED) is 0.923. The van der Waals surface area contributed by atoms with Gasteiger partial charge in [0, 0.05) is 12.6 Å². The zero-order valence-electron chi connectivity index (χ0n) is 10.7. The molecule has 0 saturated heterocycles. The van der Waals surface area contributed by atoms with Crippen molar-refractivity contribution >= 4 is 35.7 Å². The summed E-state index contributed by atoms with van der Waals surface area (Å²) in [5.41, 5.74) is 3.57. The van der Waals surface area contributed by atoms with Gasteiger partial charge in [0.05, 0.1) is 6.26 Å². The van der Waals surface area contributed by atoms with Crippen molar-refractivity contribution in [2.45, 2.75) is 13.3 Å². The van der Waals surface area contributed by atoms with Gasteiger partial charge in [0.2, 0.25) is 5.91 Å². The minimum atomic E-state index is -0.0843. The Morgan fingerprint density at radius 1 is 1.40 bits per heavy atom. The summed E-state index contributed by atoms with van der Waals surface area (Å²) in [6, 6.07) is 7.14. The number of pyridine rings is 1. The lowest BCUT2D eigenvalue weighted by atomic mass is 10.3. The molecular formula is C13H13ClN4O2. The smallest absolute Gasteiger partial charge is 0.246 e. The van der Waals surface area contributed by atoms with Gasteiger partial charge in [-0.2, -0.15) is 0 Å². The summed E-state index contributed by atoms with van der Waals surface area (Å²) < 4.78 is 5.30. The van der Waals surface area contributed by atoms with E-state index in [0.29, 0.717) is 29.5 Å². The predicted octanol–water partition coefficient (Wildman–Crippen LogP) is 2.44. The van der Waals surface area contributed by atoms with Gasteiger partial charge in [-0.3, -0.25) is 10.2 Å². The largest absolute Gasteiger partial charge is 0.461 e. The number of halogens is 1. The summed E-state index contributed by atoms with van der Waals surface area (Å²) in [6.07, 6.45) is 3.56. The molecule has 2 aromatic rings. The number of carbonyl (C=O) groups excluding carboxylic acids is 1. The van der Waals surface area contributed by atoms with Crippen LogP contribution >= 0.6 is 12.4 Å². The van der Waals surface area contributed by atoms with Gasteiger partial charge in [-0.1, -0.05) is 6.92 Å². The molecule has 0 unspecified atom stereocenters. The number of hydrogen-bond donors (Lipinski definition) is 1. The van der Waals surface area contributed by atoms with Crippen molar-refractivity contribution in [2.75, 3.05) is 5.01 Å². The Labute approximate surface area is 121 Å². The van der Waals surface area contributed by atoms with Crippen LogP contribution in [0.3, 0.4) is 0 Å². The molecule has 7 heteroatoms. The molecule has 0 spiro atoms. The van der Waals surface area contributed by atoms with E-state index in [4.69, 9.17) is 4.42 Å². The summed E-state index contributed by atoms with van der Waals surface area (Å²) in [7, 11) is 0. The van der Waals surface area contributed by atoms with E-state index in [1.54, 1.807) is 37.6 Å². The average Bonchev–Trinajstić information content (AvgIpc) is 2.99. The molecule has 1 amide bonds. The van der Waals surface area contributed by atoms with Crippen LogP contribution in [0.4, 0.5) is 11.5 Å². The first-order valence-electron chi connectivity index (χ1n) is 5.97. The number of anilines is 1. The Kier molecular flexibility index (Phi) is 4.05. The predicted molar refractivity (Wildman–Crippen MR) is 77.3 cm³/mol. The number of carbonyl (C=O) groups is 1. The number of furan rings is 1. The van der Waals surface area contributed by atoms with Crippen LogP contribution < -0.4 is 10.4 Å². The number of fused-ring (bicyclic) bond motifs is 1. The zero-order valence-corrected chi connectivity index (χ0v) is 11.6. The monoisotopic (exact) mass is 292 g/mol. The van der Waals surface area contributed by atoms with Gasteiger partial charge in [-0.15, -0.1) is 12.4 Å². The molecule has 0 atom stereocenters. The molecule has 0 bridgehead atoms. The van der Waals surface area contributed by atoms with Crippen LogP contribution in [0.5, 0.6) is 0 Å². The number of amides is 1.